The van der Waals surface area contributed by atoms with Crippen LogP contribution in [-0.4, -0.2) is 17.9 Å². The van der Waals surface area contributed by atoms with Gasteiger partial charge in [0, 0.05) is 18.3 Å². The molecule has 0 unspecified atom stereocenters. The third kappa shape index (κ3) is 2.18. The first-order valence-electron chi connectivity index (χ1n) is 4.05. The lowest BCUT2D eigenvalue weighted by Gasteiger charge is -2.02. The molecule has 0 aliphatic carbocycles. The zero-order valence-corrected chi connectivity index (χ0v) is 8.35. The third-order valence-corrected chi connectivity index (χ3v) is 2.12. The quantitative estimate of drug-likeness (QED) is 0.786. The van der Waals surface area contributed by atoms with Gasteiger partial charge in [0.1, 0.15) is 5.69 Å². The van der Waals surface area contributed by atoms with E-state index in [0.29, 0.717) is 10.7 Å². The summed E-state index contributed by atoms with van der Waals surface area (Å²) >= 11 is 5.91. The molecule has 0 saturated carbocycles. The number of hydrogen-bond acceptors (Lipinski definition) is 2. The van der Waals surface area contributed by atoms with E-state index in [9.17, 15) is 4.79 Å². The first-order chi connectivity index (χ1) is 6.19. The molecule has 70 valence electrons. The minimum absolute atomic E-state index is 0.218. The highest BCUT2D eigenvalue weighted by Gasteiger charge is 2.07. The van der Waals surface area contributed by atoms with Crippen LogP contribution in [0.15, 0.2) is 12.3 Å². The summed E-state index contributed by atoms with van der Waals surface area (Å²) in [6, 6.07) is 1.58. The fourth-order valence-electron chi connectivity index (χ4n) is 0.972. The number of carbonyl (C=O) groups is 1. The molecule has 0 aromatic carbocycles. The van der Waals surface area contributed by atoms with Crippen LogP contribution in [0.5, 0.6) is 0 Å². The highest BCUT2D eigenvalue weighted by Crippen LogP contribution is 2.16. The molecule has 0 fully saturated rings. The van der Waals surface area contributed by atoms with E-state index in [0.717, 1.165) is 12.0 Å². The van der Waals surface area contributed by atoms with Crippen LogP contribution < -0.4 is 5.32 Å². The van der Waals surface area contributed by atoms with Crippen LogP contribution in [0.3, 0.4) is 0 Å². The van der Waals surface area contributed by atoms with Gasteiger partial charge in [-0.3, -0.25) is 9.78 Å². The van der Waals surface area contributed by atoms with Crippen LogP contribution in [0.25, 0.3) is 0 Å². The minimum atomic E-state index is -0.218. The predicted molar refractivity (Wildman–Crippen MR) is 52.0 cm³/mol. The number of nitrogens with zero attached hydrogens (tertiary/aromatic N) is 1. The van der Waals surface area contributed by atoms with Gasteiger partial charge in [-0.05, 0) is 18.1 Å². The van der Waals surface area contributed by atoms with E-state index >= 15 is 0 Å². The van der Waals surface area contributed by atoms with E-state index in [1.165, 1.54) is 0 Å². The maximum absolute atomic E-state index is 11.1. The molecular formula is C9H11ClN2O. The lowest BCUT2D eigenvalue weighted by Crippen LogP contribution is -2.19. The Hall–Kier alpha value is -1.09. The molecule has 0 atom stereocenters. The lowest BCUT2D eigenvalue weighted by molar-refractivity contribution is 0.0958. The van der Waals surface area contributed by atoms with Crippen molar-refractivity contribution in [3.63, 3.8) is 0 Å². The minimum Gasteiger partial charge on any atom is -0.354 e. The Morgan fingerprint density at radius 1 is 1.69 bits per heavy atom. The Labute approximate surface area is 82.1 Å². The van der Waals surface area contributed by atoms with E-state index in [2.05, 4.69) is 10.3 Å². The van der Waals surface area contributed by atoms with Gasteiger partial charge < -0.3 is 5.32 Å². The summed E-state index contributed by atoms with van der Waals surface area (Å²) in [5, 5.41) is 3.08. The predicted octanol–water partition coefficient (Wildman–Crippen LogP) is 1.66. The summed E-state index contributed by atoms with van der Waals surface area (Å²) in [6.07, 6.45) is 2.45. The van der Waals surface area contributed by atoms with Crippen LogP contribution in [0.2, 0.25) is 5.02 Å². The van der Waals surface area contributed by atoms with Crippen LogP contribution in [0.4, 0.5) is 0 Å². The SMILES string of the molecule is CCc1cnc(C(=O)NC)cc1Cl. The average molecular weight is 199 g/mol. The van der Waals surface area contributed by atoms with Gasteiger partial charge in [0.2, 0.25) is 0 Å². The zero-order valence-electron chi connectivity index (χ0n) is 7.60. The lowest BCUT2D eigenvalue weighted by atomic mass is 10.2. The zero-order chi connectivity index (χ0) is 9.84. The van der Waals surface area contributed by atoms with Crippen LogP contribution >= 0.6 is 11.6 Å². The van der Waals surface area contributed by atoms with E-state index in [4.69, 9.17) is 11.6 Å². The molecule has 1 heterocycles. The number of aromatic nitrogens is 1. The number of amides is 1. The van der Waals surface area contributed by atoms with Crippen LogP contribution in [0, 0.1) is 0 Å². The monoisotopic (exact) mass is 198 g/mol. The van der Waals surface area contributed by atoms with E-state index in [1.807, 2.05) is 6.92 Å². The fraction of sp³-hybridized carbons (Fsp3) is 0.333. The molecule has 1 amide bonds. The number of pyridine rings is 1. The van der Waals surface area contributed by atoms with Crippen molar-refractivity contribution in [2.75, 3.05) is 7.05 Å². The Bertz CT molecular complexity index is 325. The smallest absolute Gasteiger partial charge is 0.269 e. The summed E-state index contributed by atoms with van der Waals surface area (Å²) in [6.45, 7) is 1.99. The van der Waals surface area contributed by atoms with Crippen molar-refractivity contribution in [3.8, 4) is 0 Å². The van der Waals surface area contributed by atoms with Gasteiger partial charge in [0.05, 0.1) is 0 Å². The molecule has 0 aliphatic rings. The number of rotatable bonds is 2. The molecule has 4 heteroatoms. The molecular weight excluding hydrogens is 188 g/mol. The van der Waals surface area contributed by atoms with Gasteiger partial charge >= 0.3 is 0 Å². The third-order valence-electron chi connectivity index (χ3n) is 1.77. The van der Waals surface area contributed by atoms with Crippen LogP contribution in [-0.2, 0) is 6.42 Å². The number of hydrogen-bond donors (Lipinski definition) is 1. The summed E-state index contributed by atoms with van der Waals surface area (Å²) < 4.78 is 0. The van der Waals surface area contributed by atoms with Crippen LogP contribution in [0.1, 0.15) is 23.0 Å². The molecule has 0 bridgehead atoms. The first-order valence-corrected chi connectivity index (χ1v) is 4.43. The standard InChI is InChI=1S/C9H11ClN2O/c1-3-6-5-12-8(4-7(6)10)9(13)11-2/h4-5H,3H2,1-2H3,(H,11,13). The Morgan fingerprint density at radius 3 is 2.85 bits per heavy atom. The van der Waals surface area contributed by atoms with Gasteiger partial charge in [-0.25, -0.2) is 0 Å². The molecule has 13 heavy (non-hydrogen) atoms. The van der Waals surface area contributed by atoms with Gasteiger partial charge in [0.15, 0.2) is 0 Å². The maximum Gasteiger partial charge on any atom is 0.269 e. The van der Waals surface area contributed by atoms with Crippen molar-refractivity contribution < 1.29 is 4.79 Å². The highest BCUT2D eigenvalue weighted by molar-refractivity contribution is 6.31. The molecule has 0 saturated heterocycles. The van der Waals surface area contributed by atoms with Gasteiger partial charge in [-0.2, -0.15) is 0 Å². The summed E-state index contributed by atoms with van der Waals surface area (Å²) in [5.41, 5.74) is 1.30. The van der Waals surface area contributed by atoms with Crippen molar-refractivity contribution in [2.24, 2.45) is 0 Å². The normalized spacial score (nSPS) is 9.77. The average Bonchev–Trinajstić information content (AvgIpc) is 2.16. The van der Waals surface area contributed by atoms with Gasteiger partial charge in [0.25, 0.3) is 5.91 Å². The number of nitrogens with one attached hydrogen (secondary N) is 1. The first kappa shape index (κ1) is 9.99. The van der Waals surface area contributed by atoms with Crippen molar-refractivity contribution in [1.29, 1.82) is 0 Å². The van der Waals surface area contributed by atoms with Crippen molar-refractivity contribution in [1.82, 2.24) is 10.3 Å². The Kier molecular flexibility index (Phi) is 3.25. The maximum atomic E-state index is 11.1. The second kappa shape index (κ2) is 4.23. The highest BCUT2D eigenvalue weighted by atomic mass is 35.5. The molecule has 1 rings (SSSR count). The van der Waals surface area contributed by atoms with E-state index in [-0.39, 0.29) is 5.91 Å². The summed E-state index contributed by atoms with van der Waals surface area (Å²) in [4.78, 5) is 15.1. The molecule has 0 radical (unpaired) electrons. The fourth-order valence-corrected chi connectivity index (χ4v) is 1.26. The Morgan fingerprint density at radius 2 is 2.38 bits per heavy atom. The number of aryl methyl sites for hydroxylation is 1. The second-order valence-corrected chi connectivity index (χ2v) is 3.00. The van der Waals surface area contributed by atoms with E-state index in [1.54, 1.807) is 19.3 Å². The summed E-state index contributed by atoms with van der Waals surface area (Å²) in [5.74, 6) is -0.218. The molecule has 0 spiro atoms. The largest absolute Gasteiger partial charge is 0.354 e. The Balaban J connectivity index is 3.02. The molecule has 1 aromatic heterocycles. The molecule has 3 nitrogen and oxygen atoms in total. The van der Waals surface area contributed by atoms with Crippen molar-refractivity contribution >= 4 is 17.5 Å². The molecule has 0 aliphatic heterocycles. The van der Waals surface area contributed by atoms with Crippen molar-refractivity contribution in [3.05, 3.63) is 28.5 Å². The number of carbonyl (C=O) groups excluding carboxylic acids is 1. The van der Waals surface area contributed by atoms with Gasteiger partial charge in [-0.1, -0.05) is 18.5 Å². The molecule has 1 aromatic rings. The second-order valence-electron chi connectivity index (χ2n) is 2.59. The number of halogens is 1. The molecule has 1 N–H and O–H groups in total. The van der Waals surface area contributed by atoms with E-state index < -0.39 is 0 Å². The van der Waals surface area contributed by atoms with Crippen molar-refractivity contribution in [2.45, 2.75) is 13.3 Å². The topological polar surface area (TPSA) is 42.0 Å². The van der Waals surface area contributed by atoms with Gasteiger partial charge in [-0.15, -0.1) is 0 Å². The summed E-state index contributed by atoms with van der Waals surface area (Å²) in [7, 11) is 1.56.